The van der Waals surface area contributed by atoms with Crippen molar-refractivity contribution in [3.8, 4) is 34.0 Å². The third-order valence-corrected chi connectivity index (χ3v) is 13.7. The first-order valence-corrected chi connectivity index (χ1v) is 30.0. The summed E-state index contributed by atoms with van der Waals surface area (Å²) in [6, 6.07) is 38.6. The van der Waals surface area contributed by atoms with Gasteiger partial charge in [-0.2, -0.15) is 0 Å². The molecule has 3 amide bonds. The quantitative estimate of drug-likeness (QED) is 0.0532. The number of H-pyrrole nitrogens is 2. The van der Waals surface area contributed by atoms with Gasteiger partial charge in [0.25, 0.3) is 11.5 Å². The van der Waals surface area contributed by atoms with Gasteiger partial charge in [-0.25, -0.2) is 29.1 Å². The Kier molecular flexibility index (Phi) is 23.0. The molecule has 7 aromatic rings. The number of halogens is 6. The van der Waals surface area contributed by atoms with Crippen LogP contribution >= 0.6 is 69.6 Å². The number of primary amides is 1. The lowest BCUT2D eigenvalue weighted by Crippen LogP contribution is -2.42. The van der Waals surface area contributed by atoms with Gasteiger partial charge in [-0.3, -0.25) is 19.6 Å². The minimum atomic E-state index is -2.24. The monoisotopic (exact) mass is 1320 g/mol. The molecule has 0 aliphatic carbocycles. The number of aromatic amines is 2. The summed E-state index contributed by atoms with van der Waals surface area (Å²) in [4.78, 5) is 91.3. The van der Waals surface area contributed by atoms with Gasteiger partial charge in [0.1, 0.15) is 47.4 Å². The molecule has 4 aromatic carbocycles. The Morgan fingerprint density at radius 2 is 1.00 bits per heavy atom. The predicted molar refractivity (Wildman–Crippen MR) is 340 cm³/mol. The van der Waals surface area contributed by atoms with Crippen LogP contribution in [0.1, 0.15) is 112 Å². The van der Waals surface area contributed by atoms with E-state index < -0.39 is 42.5 Å². The number of nitrogen functional groups attached to an aromatic ring is 1. The van der Waals surface area contributed by atoms with Crippen LogP contribution in [-0.2, 0) is 32.2 Å². The van der Waals surface area contributed by atoms with Crippen molar-refractivity contribution in [1.82, 2.24) is 29.7 Å². The van der Waals surface area contributed by atoms with E-state index in [2.05, 4.69) is 29.4 Å². The van der Waals surface area contributed by atoms with Crippen LogP contribution in [-0.4, -0.2) is 99.3 Å². The first kappa shape index (κ1) is 68.0. The van der Waals surface area contributed by atoms with Crippen LogP contribution < -0.4 is 32.2 Å². The van der Waals surface area contributed by atoms with Gasteiger partial charge in [-0.15, -0.1) is 0 Å². The number of rotatable bonds is 11. The van der Waals surface area contributed by atoms with E-state index >= 15 is 0 Å². The van der Waals surface area contributed by atoms with Gasteiger partial charge >= 0.3 is 32.0 Å². The molecule has 20 nitrogen and oxygen atoms in total. The fourth-order valence-corrected chi connectivity index (χ4v) is 10.1. The van der Waals surface area contributed by atoms with Crippen LogP contribution in [0.25, 0.3) is 33.5 Å². The van der Waals surface area contributed by atoms with Gasteiger partial charge in [0.2, 0.25) is 0 Å². The molecule has 0 spiro atoms. The smallest absolute Gasteiger partial charge is 0.488 e. The van der Waals surface area contributed by atoms with Gasteiger partial charge in [0.15, 0.2) is 0 Å². The molecule has 2 saturated heterocycles. The lowest BCUT2D eigenvalue weighted by atomic mass is 9.86. The van der Waals surface area contributed by atoms with E-state index in [9.17, 15) is 28.8 Å². The number of pyridine rings is 2. The van der Waals surface area contributed by atoms with Gasteiger partial charge < -0.3 is 49.7 Å². The zero-order valence-corrected chi connectivity index (χ0v) is 53.4. The molecule has 2 atom stereocenters. The number of fused-ring (bicyclic) bond motifs is 1. The van der Waals surface area contributed by atoms with Gasteiger partial charge in [0.05, 0.1) is 22.3 Å². The Balaban J connectivity index is 0.000000212. The standard InChI is InChI=1S/C30H32N4O5.C29H34N4O4.C3Cl6O3/c1-30(2,3)39-29(37)34-15-9-12-20(17-34)22-16-23(31-26-25(22)27(35)33-28(36)32-26)21-13-7-8-14-24(21)38-18-19-10-5-4-6-11-19;1-29(2,3)37-28(35)33-15-9-12-20(17-33)22-16-23(32-26(30)25(22)27(31)34)21-13-7-8-14-24(21)36-18-19-10-5-4-6-11-19;4-2(5,6)11-1(10)12-3(7,8)9/h4-8,10-11,13-14,16,20H,9,12,15,17-18H2,1-3H3,(H2,31,32,33,35,36);4-8,10-11,13-14,16,20H,9,12,15,17-18H2,1-3H3,(H2,30,32)(H2,31,34);. The molecule has 2 aliphatic heterocycles. The topological polar surface area (TPSA) is 274 Å². The second-order valence-electron chi connectivity index (χ2n) is 22.4. The first-order chi connectivity index (χ1) is 41.4. The molecule has 0 radical (unpaired) electrons. The molecule has 0 bridgehead atoms. The molecule has 0 saturated carbocycles. The fourth-order valence-electron chi connectivity index (χ4n) is 9.71. The van der Waals surface area contributed by atoms with Gasteiger partial charge in [0, 0.05) is 49.1 Å². The molecule has 26 heteroatoms. The van der Waals surface area contributed by atoms with Gasteiger partial charge in [-0.05, 0) is 195 Å². The minimum Gasteiger partial charge on any atom is -0.488 e. The predicted octanol–water partition coefficient (Wildman–Crippen LogP) is 13.9. The molecule has 2 fully saturated rings. The Bertz CT molecular complexity index is 3680. The zero-order chi connectivity index (χ0) is 64.1. The van der Waals surface area contributed by atoms with E-state index in [0.717, 1.165) is 53.5 Å². The van der Waals surface area contributed by atoms with Crippen LogP contribution in [0.4, 0.5) is 20.2 Å². The average Bonchev–Trinajstić information content (AvgIpc) is 0.884. The Labute approximate surface area is 537 Å². The molecule has 3 aromatic heterocycles. The van der Waals surface area contributed by atoms with Crippen molar-refractivity contribution < 1.29 is 47.6 Å². The SMILES string of the molecule is CC(C)(C)OC(=O)N1CCCC(c2cc(-c3ccccc3OCc3ccccc3)nc(N)c2C(N)=O)C1.CC(C)(C)OC(=O)N1CCCC(c2cc(-c3ccccc3OCc3ccccc3)nc3[nH]c(=O)[nH]c(=O)c23)C1.O=C(OC(Cl)(Cl)Cl)OC(Cl)(Cl)Cl. The molecule has 5 heterocycles. The fraction of sp³-hybridized carbons (Fsp3) is 0.355. The molecule has 6 N–H and O–H groups in total. The Hall–Kier alpha value is -7.46. The number of likely N-dealkylation sites (tertiary alicyclic amines) is 2. The zero-order valence-electron chi connectivity index (χ0n) is 48.9. The van der Waals surface area contributed by atoms with Crippen LogP contribution in [0.15, 0.2) is 131 Å². The number of aromatic nitrogens is 4. The molecule has 9 rings (SSSR count). The van der Waals surface area contributed by atoms with Crippen molar-refractivity contribution in [2.24, 2.45) is 5.73 Å². The van der Waals surface area contributed by atoms with E-state index in [-0.39, 0.29) is 41.1 Å². The van der Waals surface area contributed by atoms with Crippen LogP contribution in [0, 0.1) is 0 Å². The number of alkyl halides is 6. The van der Waals surface area contributed by atoms with Crippen molar-refractivity contribution in [3.05, 3.63) is 170 Å². The number of carbonyl (C=O) groups is 4. The molecule has 88 heavy (non-hydrogen) atoms. The summed E-state index contributed by atoms with van der Waals surface area (Å²) in [5, 5.41) is 0.317. The number of nitrogens with zero attached hydrogens (tertiary/aromatic N) is 4. The maximum atomic E-state index is 13.0. The average molecular weight is 1330 g/mol. The summed E-state index contributed by atoms with van der Waals surface area (Å²) in [6.07, 6.45) is 0.886. The van der Waals surface area contributed by atoms with Crippen molar-refractivity contribution in [1.29, 1.82) is 0 Å². The number of nitrogens with two attached hydrogens (primary N) is 2. The van der Waals surface area contributed by atoms with Crippen LogP contribution in [0.2, 0.25) is 0 Å². The number of benzene rings is 4. The highest BCUT2D eigenvalue weighted by molar-refractivity contribution is 6.67. The molecule has 2 unspecified atom stereocenters. The summed E-state index contributed by atoms with van der Waals surface area (Å²) in [5.41, 5.74) is 16.2. The molecular weight excluding hydrogens is 1260 g/mol. The summed E-state index contributed by atoms with van der Waals surface area (Å²) in [5.74, 6) is 0.396. The van der Waals surface area contributed by atoms with Crippen LogP contribution in [0.3, 0.4) is 0 Å². The number of hydrogen-bond donors (Lipinski definition) is 4. The van der Waals surface area contributed by atoms with Crippen molar-refractivity contribution in [2.75, 3.05) is 31.9 Å². The maximum Gasteiger partial charge on any atom is 0.515 e. The second-order valence-corrected chi connectivity index (χ2v) is 26.7. The van der Waals surface area contributed by atoms with E-state index in [0.29, 0.717) is 73.2 Å². The number of ether oxygens (including phenoxy) is 6. The number of amides is 3. The van der Waals surface area contributed by atoms with Crippen molar-refractivity contribution in [2.45, 2.75) is 111 Å². The Morgan fingerprint density at radius 3 is 1.44 bits per heavy atom. The van der Waals surface area contributed by atoms with Gasteiger partial charge in [-0.1, -0.05) is 84.9 Å². The largest absolute Gasteiger partial charge is 0.515 e. The van der Waals surface area contributed by atoms with E-state index in [1.165, 1.54) is 0 Å². The molecule has 2 aliphatic rings. The highest BCUT2D eigenvalue weighted by Crippen LogP contribution is 2.39. The second kappa shape index (κ2) is 29.7. The Morgan fingerprint density at radius 1 is 0.580 bits per heavy atom. The number of nitrogens with one attached hydrogen (secondary N) is 2. The first-order valence-electron chi connectivity index (χ1n) is 27.7. The normalized spacial score (nSPS) is 15.3. The third-order valence-electron chi connectivity index (χ3n) is 13.3. The van der Waals surface area contributed by atoms with E-state index in [1.807, 2.05) is 163 Å². The number of hydrogen-bond acceptors (Lipinski definition) is 15. The van der Waals surface area contributed by atoms with Crippen molar-refractivity contribution in [3.63, 3.8) is 0 Å². The minimum absolute atomic E-state index is 0.0623. The lowest BCUT2D eigenvalue weighted by Gasteiger charge is -2.35. The van der Waals surface area contributed by atoms with E-state index in [1.54, 1.807) is 9.80 Å². The lowest BCUT2D eigenvalue weighted by molar-refractivity contribution is 0.0188. The van der Waals surface area contributed by atoms with Crippen LogP contribution in [0.5, 0.6) is 11.5 Å². The third kappa shape index (κ3) is 20.3. The molecule has 468 valence electrons. The number of anilines is 1. The highest BCUT2D eigenvalue weighted by Gasteiger charge is 2.35. The highest BCUT2D eigenvalue weighted by atomic mass is 35.6. The van der Waals surface area contributed by atoms with E-state index in [4.69, 9.17) is 100 Å². The summed E-state index contributed by atoms with van der Waals surface area (Å²) < 4.78 is 27.0. The summed E-state index contributed by atoms with van der Waals surface area (Å²) in [7, 11) is 0. The maximum absolute atomic E-state index is 13.0. The number of carbonyl (C=O) groups excluding carboxylic acids is 4. The molecular formula is C62H66Cl6N8O12. The summed E-state index contributed by atoms with van der Waals surface area (Å²) in [6.45, 7) is 13.7. The number of para-hydroxylation sites is 2. The number of piperidine rings is 2. The summed E-state index contributed by atoms with van der Waals surface area (Å²) >= 11 is 30.2. The van der Waals surface area contributed by atoms with Crippen molar-refractivity contribution >= 4 is 111 Å².